The van der Waals surface area contributed by atoms with Crippen LogP contribution in [0.25, 0.3) is 0 Å². The van der Waals surface area contributed by atoms with E-state index in [0.717, 1.165) is 0 Å². The maximum Gasteiger partial charge on any atom is 0.341 e. The highest BCUT2D eigenvalue weighted by Crippen LogP contribution is 2.18. The molecule has 96 valence electrons. The van der Waals surface area contributed by atoms with Crippen LogP contribution in [0.4, 0.5) is 0 Å². The Morgan fingerprint density at radius 3 is 2.83 bits per heavy atom. The Morgan fingerprint density at radius 1 is 1.33 bits per heavy atom. The number of benzene rings is 1. The van der Waals surface area contributed by atoms with Crippen molar-refractivity contribution in [2.24, 2.45) is 0 Å². The molecule has 0 aliphatic rings. The fraction of sp³-hybridized carbons (Fsp3) is 0.357. The summed E-state index contributed by atoms with van der Waals surface area (Å²) in [5, 5.41) is 0. The Morgan fingerprint density at radius 2 is 2.11 bits per heavy atom. The molecule has 0 bridgehead atoms. The minimum atomic E-state index is -0.391. The number of hydrogen-bond acceptors (Lipinski definition) is 4. The van der Waals surface area contributed by atoms with E-state index in [2.05, 4.69) is 5.92 Å². The smallest absolute Gasteiger partial charge is 0.341 e. The van der Waals surface area contributed by atoms with E-state index in [-0.39, 0.29) is 6.61 Å². The number of ether oxygens (including phenoxy) is 3. The highest BCUT2D eigenvalue weighted by molar-refractivity contribution is 5.92. The van der Waals surface area contributed by atoms with E-state index in [0.29, 0.717) is 31.1 Å². The molecular formula is C14H16O4. The summed E-state index contributed by atoms with van der Waals surface area (Å²) in [6, 6.07) is 6.93. The lowest BCUT2D eigenvalue weighted by atomic mass is 10.2. The first-order valence-electron chi connectivity index (χ1n) is 5.69. The topological polar surface area (TPSA) is 44.8 Å². The van der Waals surface area contributed by atoms with E-state index < -0.39 is 5.97 Å². The van der Waals surface area contributed by atoms with Gasteiger partial charge in [0, 0.05) is 0 Å². The highest BCUT2D eigenvalue weighted by atomic mass is 16.5. The molecule has 0 radical (unpaired) electrons. The molecule has 0 amide bonds. The van der Waals surface area contributed by atoms with E-state index in [4.69, 9.17) is 20.6 Å². The number of para-hydroxylation sites is 1. The van der Waals surface area contributed by atoms with Crippen LogP contribution >= 0.6 is 0 Å². The summed E-state index contributed by atoms with van der Waals surface area (Å²) in [7, 11) is 0. The van der Waals surface area contributed by atoms with Crippen molar-refractivity contribution in [3.63, 3.8) is 0 Å². The Balaban J connectivity index is 2.54. The number of carbonyl (C=O) groups is 1. The molecule has 4 nitrogen and oxygen atoms in total. The van der Waals surface area contributed by atoms with Crippen molar-refractivity contribution >= 4 is 5.97 Å². The fourth-order valence-electron chi connectivity index (χ4n) is 1.31. The predicted octanol–water partition coefficient (Wildman–Crippen LogP) is 1.89. The van der Waals surface area contributed by atoms with E-state index in [9.17, 15) is 4.79 Å². The second-order valence-electron chi connectivity index (χ2n) is 3.32. The molecule has 1 rings (SSSR count). The van der Waals surface area contributed by atoms with Crippen LogP contribution in [-0.4, -0.2) is 32.4 Å². The lowest BCUT2D eigenvalue weighted by molar-refractivity contribution is 0.0519. The molecule has 18 heavy (non-hydrogen) atoms. The first-order chi connectivity index (χ1) is 8.79. The van der Waals surface area contributed by atoms with Crippen molar-refractivity contribution in [1.82, 2.24) is 0 Å². The minimum Gasteiger partial charge on any atom is -0.490 e. The average Bonchev–Trinajstić information content (AvgIpc) is 2.39. The number of hydrogen-bond donors (Lipinski definition) is 0. The summed E-state index contributed by atoms with van der Waals surface area (Å²) in [5.41, 5.74) is 0.413. The Kier molecular flexibility index (Phi) is 6.37. The summed E-state index contributed by atoms with van der Waals surface area (Å²) in [4.78, 5) is 11.6. The van der Waals surface area contributed by atoms with Crippen LogP contribution in [0, 0.1) is 12.3 Å². The Bertz CT molecular complexity index is 420. The second-order valence-corrected chi connectivity index (χ2v) is 3.32. The highest BCUT2D eigenvalue weighted by Gasteiger charge is 2.12. The van der Waals surface area contributed by atoms with Crippen molar-refractivity contribution in [2.75, 3.05) is 26.4 Å². The zero-order chi connectivity index (χ0) is 13.2. The second kappa shape index (κ2) is 8.15. The maximum absolute atomic E-state index is 11.6. The van der Waals surface area contributed by atoms with E-state index in [1.807, 2.05) is 0 Å². The van der Waals surface area contributed by atoms with Gasteiger partial charge in [0.2, 0.25) is 0 Å². The van der Waals surface area contributed by atoms with Gasteiger partial charge < -0.3 is 14.2 Å². The molecule has 0 heterocycles. The quantitative estimate of drug-likeness (QED) is 0.420. The summed E-state index contributed by atoms with van der Waals surface area (Å²) in [5.74, 6) is 2.46. The van der Waals surface area contributed by atoms with Crippen molar-refractivity contribution in [3.8, 4) is 18.1 Å². The largest absolute Gasteiger partial charge is 0.490 e. The van der Waals surface area contributed by atoms with Gasteiger partial charge in [-0.25, -0.2) is 4.79 Å². The maximum atomic E-state index is 11.6. The number of esters is 1. The van der Waals surface area contributed by atoms with Gasteiger partial charge >= 0.3 is 5.97 Å². The summed E-state index contributed by atoms with van der Waals surface area (Å²) < 4.78 is 15.5. The third kappa shape index (κ3) is 4.48. The molecule has 0 unspecified atom stereocenters. The number of carbonyl (C=O) groups excluding carboxylic acids is 1. The Labute approximate surface area is 107 Å². The van der Waals surface area contributed by atoms with Crippen LogP contribution in [0.3, 0.4) is 0 Å². The summed E-state index contributed by atoms with van der Waals surface area (Å²) in [6.45, 7) is 3.05. The van der Waals surface area contributed by atoms with Crippen LogP contribution in [-0.2, 0) is 9.47 Å². The van der Waals surface area contributed by atoms with E-state index in [1.54, 1.807) is 31.2 Å². The van der Waals surface area contributed by atoms with Crippen molar-refractivity contribution in [1.29, 1.82) is 0 Å². The molecule has 0 aliphatic heterocycles. The van der Waals surface area contributed by atoms with Gasteiger partial charge in [-0.3, -0.25) is 0 Å². The van der Waals surface area contributed by atoms with Crippen LogP contribution in [0.15, 0.2) is 24.3 Å². The van der Waals surface area contributed by atoms with Crippen LogP contribution < -0.4 is 4.74 Å². The zero-order valence-corrected chi connectivity index (χ0v) is 10.3. The van der Waals surface area contributed by atoms with Gasteiger partial charge in [0.1, 0.15) is 24.5 Å². The monoisotopic (exact) mass is 248 g/mol. The first-order valence-corrected chi connectivity index (χ1v) is 5.69. The average molecular weight is 248 g/mol. The van der Waals surface area contributed by atoms with Crippen LogP contribution in [0.2, 0.25) is 0 Å². The SMILES string of the molecule is C#CCOCCOc1ccccc1C(=O)OCC. The third-order valence-electron chi connectivity index (χ3n) is 2.05. The normalized spacial score (nSPS) is 9.56. The molecular weight excluding hydrogens is 232 g/mol. The first kappa shape index (κ1) is 14.1. The molecule has 1 aromatic carbocycles. The molecule has 0 aliphatic carbocycles. The number of terminal acetylenes is 1. The molecule has 0 fully saturated rings. The molecule has 0 N–H and O–H groups in total. The molecule has 4 heteroatoms. The van der Waals surface area contributed by atoms with Gasteiger partial charge in [-0.1, -0.05) is 18.1 Å². The predicted molar refractivity (Wildman–Crippen MR) is 67.5 cm³/mol. The van der Waals surface area contributed by atoms with E-state index in [1.165, 1.54) is 0 Å². The summed E-state index contributed by atoms with van der Waals surface area (Å²) >= 11 is 0. The molecule has 0 saturated heterocycles. The lowest BCUT2D eigenvalue weighted by Gasteiger charge is -2.10. The van der Waals surface area contributed by atoms with Crippen molar-refractivity contribution in [3.05, 3.63) is 29.8 Å². The molecule has 0 aromatic heterocycles. The zero-order valence-electron chi connectivity index (χ0n) is 10.3. The molecule has 1 aromatic rings. The lowest BCUT2D eigenvalue weighted by Crippen LogP contribution is -2.11. The van der Waals surface area contributed by atoms with Gasteiger partial charge in [0.05, 0.1) is 13.2 Å². The molecule has 0 saturated carbocycles. The molecule has 0 atom stereocenters. The van der Waals surface area contributed by atoms with Gasteiger partial charge in [-0.05, 0) is 19.1 Å². The summed E-state index contributed by atoms with van der Waals surface area (Å²) in [6.07, 6.45) is 5.04. The van der Waals surface area contributed by atoms with Crippen molar-refractivity contribution in [2.45, 2.75) is 6.92 Å². The van der Waals surface area contributed by atoms with Crippen LogP contribution in [0.5, 0.6) is 5.75 Å². The third-order valence-corrected chi connectivity index (χ3v) is 2.05. The van der Waals surface area contributed by atoms with Crippen LogP contribution in [0.1, 0.15) is 17.3 Å². The molecule has 0 spiro atoms. The number of rotatable bonds is 7. The van der Waals surface area contributed by atoms with Crippen molar-refractivity contribution < 1.29 is 19.0 Å². The van der Waals surface area contributed by atoms with E-state index >= 15 is 0 Å². The van der Waals surface area contributed by atoms with Gasteiger partial charge in [0.15, 0.2) is 0 Å². The van der Waals surface area contributed by atoms with Gasteiger partial charge in [0.25, 0.3) is 0 Å². The fourth-order valence-corrected chi connectivity index (χ4v) is 1.31. The van der Waals surface area contributed by atoms with Gasteiger partial charge in [-0.2, -0.15) is 0 Å². The minimum absolute atomic E-state index is 0.253. The van der Waals surface area contributed by atoms with Gasteiger partial charge in [-0.15, -0.1) is 6.42 Å². The Hall–Kier alpha value is -1.99. The standard InChI is InChI=1S/C14H16O4/c1-3-9-16-10-11-18-13-8-6-5-7-12(13)14(15)17-4-2/h1,5-8H,4,9-11H2,2H3.